The molecule has 23 heavy (non-hydrogen) atoms. The molecular formula is C18H29ClN2O2. The molecule has 1 amide bonds. The fourth-order valence-corrected chi connectivity index (χ4v) is 3.02. The summed E-state index contributed by atoms with van der Waals surface area (Å²) in [5, 5.41) is 3.06. The van der Waals surface area contributed by atoms with Crippen LogP contribution in [0.2, 0.25) is 0 Å². The van der Waals surface area contributed by atoms with E-state index >= 15 is 0 Å². The lowest BCUT2D eigenvalue weighted by atomic mass is 9.95. The monoisotopic (exact) mass is 340 g/mol. The van der Waals surface area contributed by atoms with Crippen LogP contribution in [-0.2, 0) is 11.3 Å². The SMILES string of the molecule is CC(C)COc1ccccc1CNC(=O)[C@@H]1CCC[C@@H]1CN.Cl. The summed E-state index contributed by atoms with van der Waals surface area (Å²) in [6.07, 6.45) is 3.13. The fraction of sp³-hybridized carbons (Fsp3) is 0.611. The van der Waals surface area contributed by atoms with Gasteiger partial charge in [0.2, 0.25) is 5.91 Å². The minimum absolute atomic E-state index is 0. The summed E-state index contributed by atoms with van der Waals surface area (Å²) in [5.41, 5.74) is 6.79. The van der Waals surface area contributed by atoms with Gasteiger partial charge < -0.3 is 15.8 Å². The third kappa shape index (κ3) is 5.70. The van der Waals surface area contributed by atoms with E-state index in [0.717, 1.165) is 30.6 Å². The van der Waals surface area contributed by atoms with Crippen LogP contribution in [0.4, 0.5) is 0 Å². The number of hydrogen-bond donors (Lipinski definition) is 2. The van der Waals surface area contributed by atoms with Crippen LogP contribution < -0.4 is 15.8 Å². The van der Waals surface area contributed by atoms with Gasteiger partial charge in [0.15, 0.2) is 0 Å². The van der Waals surface area contributed by atoms with Crippen molar-refractivity contribution in [3.05, 3.63) is 29.8 Å². The van der Waals surface area contributed by atoms with Gasteiger partial charge in [-0.3, -0.25) is 4.79 Å². The van der Waals surface area contributed by atoms with Crippen LogP contribution in [0.3, 0.4) is 0 Å². The summed E-state index contributed by atoms with van der Waals surface area (Å²) in [4.78, 5) is 12.4. The topological polar surface area (TPSA) is 64.3 Å². The molecule has 0 aromatic heterocycles. The molecule has 3 N–H and O–H groups in total. The quantitative estimate of drug-likeness (QED) is 0.801. The van der Waals surface area contributed by atoms with Crippen LogP contribution in [-0.4, -0.2) is 19.1 Å². The maximum atomic E-state index is 12.4. The molecule has 0 spiro atoms. The lowest BCUT2D eigenvalue weighted by molar-refractivity contribution is -0.126. The van der Waals surface area contributed by atoms with E-state index in [9.17, 15) is 4.79 Å². The molecule has 0 bridgehead atoms. The van der Waals surface area contributed by atoms with Crippen molar-refractivity contribution >= 4 is 18.3 Å². The van der Waals surface area contributed by atoms with Gasteiger partial charge in [-0.1, -0.05) is 38.5 Å². The summed E-state index contributed by atoms with van der Waals surface area (Å²) in [6.45, 7) is 6.05. The molecule has 0 heterocycles. The van der Waals surface area contributed by atoms with E-state index in [1.165, 1.54) is 0 Å². The van der Waals surface area contributed by atoms with Crippen molar-refractivity contribution in [1.29, 1.82) is 0 Å². The molecule has 1 aliphatic carbocycles. The van der Waals surface area contributed by atoms with Gasteiger partial charge in [0.25, 0.3) is 0 Å². The number of carbonyl (C=O) groups excluding carboxylic acids is 1. The second-order valence-electron chi connectivity index (χ2n) is 6.56. The predicted molar refractivity (Wildman–Crippen MR) is 95.8 cm³/mol. The van der Waals surface area contributed by atoms with Crippen molar-refractivity contribution in [2.75, 3.05) is 13.2 Å². The Balaban J connectivity index is 0.00000264. The number of hydrogen-bond acceptors (Lipinski definition) is 3. The molecule has 2 atom stereocenters. The highest BCUT2D eigenvalue weighted by atomic mass is 35.5. The fourth-order valence-electron chi connectivity index (χ4n) is 3.02. The van der Waals surface area contributed by atoms with E-state index in [4.69, 9.17) is 10.5 Å². The second kappa shape index (κ2) is 9.78. The van der Waals surface area contributed by atoms with Gasteiger partial charge in [-0.05, 0) is 37.3 Å². The number of para-hydroxylation sites is 1. The number of rotatable bonds is 7. The minimum atomic E-state index is 0. The van der Waals surface area contributed by atoms with E-state index in [1.807, 2.05) is 24.3 Å². The van der Waals surface area contributed by atoms with Crippen LogP contribution in [0, 0.1) is 17.8 Å². The Bertz CT molecular complexity index is 494. The van der Waals surface area contributed by atoms with E-state index < -0.39 is 0 Å². The lowest BCUT2D eigenvalue weighted by Crippen LogP contribution is -2.34. The van der Waals surface area contributed by atoms with Crippen molar-refractivity contribution < 1.29 is 9.53 Å². The van der Waals surface area contributed by atoms with Gasteiger partial charge in [-0.15, -0.1) is 12.4 Å². The zero-order valence-electron chi connectivity index (χ0n) is 14.1. The van der Waals surface area contributed by atoms with Crippen molar-refractivity contribution in [2.24, 2.45) is 23.5 Å². The Kier molecular flexibility index (Phi) is 8.42. The van der Waals surface area contributed by atoms with Crippen molar-refractivity contribution in [3.63, 3.8) is 0 Å². The highest BCUT2D eigenvalue weighted by Crippen LogP contribution is 2.31. The Morgan fingerprint density at radius 1 is 1.35 bits per heavy atom. The normalized spacial score (nSPS) is 20.2. The molecule has 130 valence electrons. The van der Waals surface area contributed by atoms with Gasteiger partial charge in [-0.25, -0.2) is 0 Å². The number of amides is 1. The lowest BCUT2D eigenvalue weighted by Gasteiger charge is -2.18. The molecule has 1 saturated carbocycles. The van der Waals surface area contributed by atoms with Gasteiger partial charge >= 0.3 is 0 Å². The number of nitrogens with one attached hydrogen (secondary N) is 1. The summed E-state index contributed by atoms with van der Waals surface area (Å²) >= 11 is 0. The molecule has 1 fully saturated rings. The molecular weight excluding hydrogens is 312 g/mol. The molecule has 4 nitrogen and oxygen atoms in total. The highest BCUT2D eigenvalue weighted by Gasteiger charge is 2.31. The standard InChI is InChI=1S/C18H28N2O2.ClH/c1-13(2)12-22-17-9-4-3-6-15(17)11-20-18(21)16-8-5-7-14(16)10-19;/h3-4,6,9,13-14,16H,5,7-8,10-12,19H2,1-2H3,(H,20,21);1H/t14-,16-;/m1./s1. The van der Waals surface area contributed by atoms with Crippen LogP contribution in [0.15, 0.2) is 24.3 Å². The molecule has 5 heteroatoms. The molecule has 2 rings (SSSR count). The summed E-state index contributed by atoms with van der Waals surface area (Å²) < 4.78 is 5.83. The van der Waals surface area contributed by atoms with Crippen LogP contribution in [0.25, 0.3) is 0 Å². The van der Waals surface area contributed by atoms with E-state index in [1.54, 1.807) is 0 Å². The first kappa shape index (κ1) is 19.8. The molecule has 1 aromatic carbocycles. The number of benzene rings is 1. The zero-order chi connectivity index (χ0) is 15.9. The number of halogens is 1. The third-order valence-corrected chi connectivity index (χ3v) is 4.30. The van der Waals surface area contributed by atoms with Gasteiger partial charge in [-0.2, -0.15) is 0 Å². The molecule has 0 saturated heterocycles. The van der Waals surface area contributed by atoms with Crippen LogP contribution >= 0.6 is 12.4 Å². The first-order chi connectivity index (χ1) is 10.6. The summed E-state index contributed by atoms with van der Waals surface area (Å²) in [5.74, 6) is 1.89. The van der Waals surface area contributed by atoms with E-state index in [0.29, 0.717) is 31.5 Å². The number of nitrogens with two attached hydrogens (primary N) is 1. The maximum Gasteiger partial charge on any atom is 0.223 e. The van der Waals surface area contributed by atoms with Crippen molar-refractivity contribution in [2.45, 2.75) is 39.7 Å². The van der Waals surface area contributed by atoms with E-state index in [2.05, 4.69) is 19.2 Å². The smallest absolute Gasteiger partial charge is 0.223 e. The second-order valence-corrected chi connectivity index (χ2v) is 6.56. The Labute approximate surface area is 145 Å². The molecule has 0 unspecified atom stereocenters. The Morgan fingerprint density at radius 2 is 2.09 bits per heavy atom. The summed E-state index contributed by atoms with van der Waals surface area (Å²) in [7, 11) is 0. The maximum absolute atomic E-state index is 12.4. The minimum Gasteiger partial charge on any atom is -0.493 e. The Morgan fingerprint density at radius 3 is 2.78 bits per heavy atom. The first-order valence-corrected chi connectivity index (χ1v) is 8.30. The third-order valence-electron chi connectivity index (χ3n) is 4.30. The molecule has 0 aliphatic heterocycles. The van der Waals surface area contributed by atoms with Crippen LogP contribution in [0.5, 0.6) is 5.75 Å². The van der Waals surface area contributed by atoms with Gasteiger partial charge in [0, 0.05) is 18.0 Å². The zero-order valence-corrected chi connectivity index (χ0v) is 14.9. The van der Waals surface area contributed by atoms with Gasteiger partial charge in [0.05, 0.1) is 6.61 Å². The van der Waals surface area contributed by atoms with Crippen LogP contribution in [0.1, 0.15) is 38.7 Å². The largest absolute Gasteiger partial charge is 0.493 e. The van der Waals surface area contributed by atoms with Gasteiger partial charge in [0.1, 0.15) is 5.75 Å². The molecule has 1 aliphatic rings. The average Bonchev–Trinajstić information content (AvgIpc) is 3.00. The molecule has 0 radical (unpaired) electrons. The van der Waals surface area contributed by atoms with E-state index in [-0.39, 0.29) is 24.2 Å². The molecule has 1 aromatic rings. The average molecular weight is 341 g/mol. The predicted octanol–water partition coefficient (Wildman–Crippen LogP) is 3.13. The number of ether oxygens (including phenoxy) is 1. The summed E-state index contributed by atoms with van der Waals surface area (Å²) in [6, 6.07) is 7.90. The Hall–Kier alpha value is -1.26. The number of carbonyl (C=O) groups is 1. The van der Waals surface area contributed by atoms with Crippen molar-refractivity contribution in [3.8, 4) is 5.75 Å². The first-order valence-electron chi connectivity index (χ1n) is 8.30. The van der Waals surface area contributed by atoms with Crippen molar-refractivity contribution in [1.82, 2.24) is 5.32 Å². The highest BCUT2D eigenvalue weighted by molar-refractivity contribution is 5.85.